The minimum atomic E-state index is 0.177. The van der Waals surface area contributed by atoms with Crippen molar-refractivity contribution in [2.75, 3.05) is 6.54 Å². The van der Waals surface area contributed by atoms with Crippen LogP contribution in [-0.2, 0) is 6.54 Å². The summed E-state index contributed by atoms with van der Waals surface area (Å²) < 4.78 is 5.20. The van der Waals surface area contributed by atoms with Crippen molar-refractivity contribution >= 4 is 22.7 Å². The van der Waals surface area contributed by atoms with Gasteiger partial charge < -0.3 is 14.5 Å². The Labute approximate surface area is 154 Å². The minimum absolute atomic E-state index is 0.177. The highest BCUT2D eigenvalue weighted by molar-refractivity contribution is 7.11. The van der Waals surface area contributed by atoms with E-state index in [4.69, 9.17) is 9.93 Å². The summed E-state index contributed by atoms with van der Waals surface area (Å²) in [5, 5.41) is 25.5. The molecule has 132 valence electrons. The van der Waals surface area contributed by atoms with E-state index in [1.165, 1.54) is 11.3 Å². The monoisotopic (exact) mass is 366 g/mol. The lowest BCUT2D eigenvalue weighted by Gasteiger charge is -2.18. The first-order valence-electron chi connectivity index (χ1n) is 8.23. The number of hydrogen-bond donors (Lipinski definition) is 2. The number of hydrogen-bond acceptors (Lipinski definition) is 6. The Morgan fingerprint density at radius 2 is 2.04 bits per heavy atom. The molecule has 0 unspecified atom stereocenters. The number of nitrogens with one attached hydrogen (secondary N) is 1. The summed E-state index contributed by atoms with van der Waals surface area (Å²) in [7, 11) is 0. The third kappa shape index (κ3) is 2.80. The Kier molecular flexibility index (Phi) is 4.08. The summed E-state index contributed by atoms with van der Waals surface area (Å²) in [6, 6.07) is 9.89. The van der Waals surface area contributed by atoms with Gasteiger partial charge in [0.05, 0.1) is 30.1 Å². The van der Waals surface area contributed by atoms with E-state index in [-0.39, 0.29) is 11.6 Å². The summed E-state index contributed by atoms with van der Waals surface area (Å²) in [5.74, 6) is 1.19. The van der Waals surface area contributed by atoms with E-state index < -0.39 is 0 Å². The van der Waals surface area contributed by atoms with Gasteiger partial charge in [0.25, 0.3) is 0 Å². The Morgan fingerprint density at radius 1 is 1.27 bits per heavy atom. The molecule has 7 heteroatoms. The number of aryl methyl sites for hydroxylation is 2. The molecule has 0 aliphatic carbocycles. The fourth-order valence-corrected chi connectivity index (χ4v) is 3.94. The molecule has 0 spiro atoms. The second-order valence-corrected chi connectivity index (χ2v) is 7.09. The molecule has 0 amide bonds. The number of aliphatic hydroxyl groups excluding tert-OH is 1. The molecular weight excluding hydrogens is 348 g/mol. The van der Waals surface area contributed by atoms with Crippen LogP contribution >= 0.6 is 11.3 Å². The van der Waals surface area contributed by atoms with Crippen molar-refractivity contribution in [3.63, 3.8) is 0 Å². The topological polar surface area (TPSA) is 86.2 Å². The maximum absolute atomic E-state index is 10.5. The molecule has 6 nitrogen and oxygen atoms in total. The Hall–Kier alpha value is -2.93. The van der Waals surface area contributed by atoms with Crippen LogP contribution in [0.15, 0.2) is 46.0 Å². The van der Waals surface area contributed by atoms with Gasteiger partial charge in [-0.1, -0.05) is 35.5 Å². The zero-order chi connectivity index (χ0) is 18.3. The second kappa shape index (κ2) is 6.42. The van der Waals surface area contributed by atoms with E-state index in [1.807, 2.05) is 49.6 Å². The molecule has 0 saturated carbocycles. The quantitative estimate of drug-likeness (QED) is 0.723. The van der Waals surface area contributed by atoms with Crippen molar-refractivity contribution in [1.82, 2.24) is 15.0 Å². The lowest BCUT2D eigenvalue weighted by molar-refractivity contribution is 0.344. The summed E-state index contributed by atoms with van der Waals surface area (Å²) in [6.45, 7) is 4.51. The van der Waals surface area contributed by atoms with Gasteiger partial charge in [-0.2, -0.15) is 0 Å². The summed E-state index contributed by atoms with van der Waals surface area (Å²) >= 11 is 1.44. The first-order chi connectivity index (χ1) is 12.5. The summed E-state index contributed by atoms with van der Waals surface area (Å²) in [6.07, 6.45) is 0. The van der Waals surface area contributed by atoms with Crippen molar-refractivity contribution in [1.29, 1.82) is 5.41 Å². The van der Waals surface area contributed by atoms with Gasteiger partial charge in [0, 0.05) is 16.5 Å². The molecule has 0 bridgehead atoms. The number of rotatable bonds is 4. The van der Waals surface area contributed by atoms with Gasteiger partial charge in [-0.3, -0.25) is 5.41 Å². The van der Waals surface area contributed by atoms with Crippen molar-refractivity contribution < 1.29 is 9.63 Å². The van der Waals surface area contributed by atoms with Crippen LogP contribution in [-0.4, -0.2) is 32.5 Å². The fourth-order valence-electron chi connectivity index (χ4n) is 3.04. The molecule has 2 aromatic heterocycles. The molecule has 4 rings (SSSR count). The predicted octanol–water partition coefficient (Wildman–Crippen LogP) is 4.18. The molecular formula is C19H18N4O2S. The van der Waals surface area contributed by atoms with Crippen molar-refractivity contribution in [2.45, 2.75) is 20.4 Å². The van der Waals surface area contributed by atoms with Crippen molar-refractivity contribution in [3.05, 3.63) is 63.5 Å². The third-order valence-corrected chi connectivity index (χ3v) is 5.36. The van der Waals surface area contributed by atoms with E-state index in [1.54, 1.807) is 4.90 Å². The Balaban J connectivity index is 1.59. The molecule has 26 heavy (non-hydrogen) atoms. The average molecular weight is 366 g/mol. The van der Waals surface area contributed by atoms with Crippen LogP contribution < -0.4 is 0 Å². The highest BCUT2D eigenvalue weighted by atomic mass is 32.1. The molecule has 0 fully saturated rings. The maximum atomic E-state index is 10.5. The molecule has 1 aliphatic rings. The lowest BCUT2D eigenvalue weighted by Crippen LogP contribution is -2.26. The third-order valence-electron chi connectivity index (χ3n) is 4.50. The van der Waals surface area contributed by atoms with Gasteiger partial charge in [0.15, 0.2) is 0 Å². The van der Waals surface area contributed by atoms with Gasteiger partial charge in [-0.05, 0) is 13.8 Å². The van der Waals surface area contributed by atoms with E-state index in [0.717, 1.165) is 28.3 Å². The van der Waals surface area contributed by atoms with Crippen molar-refractivity contribution in [3.8, 4) is 11.3 Å². The fraction of sp³-hybridized carbons (Fsp3) is 0.211. The largest absolute Gasteiger partial charge is 0.510 e. The zero-order valence-electron chi connectivity index (χ0n) is 14.5. The molecule has 3 heterocycles. The smallest absolute Gasteiger partial charge is 0.138 e. The van der Waals surface area contributed by atoms with Crippen LogP contribution in [0.25, 0.3) is 16.8 Å². The van der Waals surface area contributed by atoms with Crippen molar-refractivity contribution in [2.24, 2.45) is 0 Å². The second-order valence-electron chi connectivity index (χ2n) is 6.23. The van der Waals surface area contributed by atoms with Gasteiger partial charge >= 0.3 is 0 Å². The van der Waals surface area contributed by atoms with Crippen LogP contribution in [0, 0.1) is 19.3 Å². The molecule has 1 aliphatic heterocycles. The standard InChI is InChI=1S/C19H18N4O2S/c1-11-14(12(2)25-22-11)8-23-9-16(24)17(18(23)20)19-21-15(10-26-19)13-6-4-3-5-7-13/h3-7,10,20,24H,8-9H2,1-2H3. The van der Waals surface area contributed by atoms with Gasteiger partial charge in [-0.25, -0.2) is 4.98 Å². The van der Waals surface area contributed by atoms with Gasteiger partial charge in [-0.15, -0.1) is 11.3 Å². The van der Waals surface area contributed by atoms with Gasteiger partial charge in [0.1, 0.15) is 22.4 Å². The highest BCUT2D eigenvalue weighted by Crippen LogP contribution is 2.33. The Bertz CT molecular complexity index is 984. The predicted molar refractivity (Wildman–Crippen MR) is 101 cm³/mol. The van der Waals surface area contributed by atoms with E-state index in [9.17, 15) is 5.11 Å². The summed E-state index contributed by atoms with van der Waals surface area (Å²) in [5.41, 5.74) is 4.13. The first kappa shape index (κ1) is 16.5. The number of thiazole rings is 1. The molecule has 1 aromatic carbocycles. The number of amidine groups is 1. The highest BCUT2D eigenvalue weighted by Gasteiger charge is 2.31. The number of benzene rings is 1. The van der Waals surface area contributed by atoms with Crippen LogP contribution in [0.4, 0.5) is 0 Å². The number of aliphatic hydroxyl groups is 1. The normalized spacial score (nSPS) is 14.5. The van der Waals surface area contributed by atoms with E-state index in [0.29, 0.717) is 23.7 Å². The molecule has 2 N–H and O–H groups in total. The number of aromatic nitrogens is 2. The van der Waals surface area contributed by atoms with Crippen LogP contribution in [0.2, 0.25) is 0 Å². The maximum Gasteiger partial charge on any atom is 0.138 e. The van der Waals surface area contributed by atoms with Gasteiger partial charge in [0.2, 0.25) is 0 Å². The minimum Gasteiger partial charge on any atom is -0.510 e. The first-order valence-corrected chi connectivity index (χ1v) is 9.11. The van der Waals surface area contributed by atoms with Crippen LogP contribution in [0.1, 0.15) is 22.0 Å². The number of nitrogens with zero attached hydrogens (tertiary/aromatic N) is 3. The molecule has 3 aromatic rings. The van der Waals surface area contributed by atoms with E-state index >= 15 is 0 Å². The Morgan fingerprint density at radius 3 is 2.73 bits per heavy atom. The van der Waals surface area contributed by atoms with Crippen LogP contribution in [0.5, 0.6) is 0 Å². The van der Waals surface area contributed by atoms with E-state index in [2.05, 4.69) is 10.1 Å². The lowest BCUT2D eigenvalue weighted by atomic mass is 10.2. The average Bonchev–Trinajstić information content (AvgIpc) is 3.31. The van der Waals surface area contributed by atoms with Crippen LogP contribution in [0.3, 0.4) is 0 Å². The molecule has 0 saturated heterocycles. The molecule has 0 atom stereocenters. The SMILES string of the molecule is Cc1noc(C)c1CN1CC(O)=C(c2nc(-c3ccccc3)cs2)C1=N. The summed E-state index contributed by atoms with van der Waals surface area (Å²) in [4.78, 5) is 6.44. The zero-order valence-corrected chi connectivity index (χ0v) is 15.3. The molecule has 0 radical (unpaired) electrons.